The lowest BCUT2D eigenvalue weighted by Gasteiger charge is -2.18. The van der Waals surface area contributed by atoms with E-state index in [2.05, 4.69) is 20.9 Å². The van der Waals surface area contributed by atoms with E-state index < -0.39 is 5.41 Å². The molecule has 0 heterocycles. The third-order valence-corrected chi connectivity index (χ3v) is 4.12. The third kappa shape index (κ3) is 9.07. The molecule has 1 aromatic rings. The number of guanidine groups is 1. The molecule has 0 aliphatic rings. The summed E-state index contributed by atoms with van der Waals surface area (Å²) in [4.78, 5) is 16.0. The molecule has 0 atom stereocenters. The number of benzene rings is 1. The minimum atomic E-state index is -0.393. The van der Waals surface area contributed by atoms with Crippen LogP contribution in [-0.2, 0) is 17.1 Å². The highest BCUT2D eigenvalue weighted by molar-refractivity contribution is 14.0. The van der Waals surface area contributed by atoms with Crippen molar-refractivity contribution in [1.29, 1.82) is 0 Å². The van der Waals surface area contributed by atoms with E-state index >= 15 is 0 Å². The Morgan fingerprint density at radius 2 is 1.81 bits per heavy atom. The number of rotatable bonds is 7. The van der Waals surface area contributed by atoms with Gasteiger partial charge in [0.25, 0.3) is 0 Å². The largest absolute Gasteiger partial charge is 0.355 e. The van der Waals surface area contributed by atoms with E-state index in [1.165, 1.54) is 6.07 Å². The van der Waals surface area contributed by atoms with Crippen molar-refractivity contribution < 1.29 is 9.18 Å². The first-order chi connectivity index (χ1) is 11.8. The molecule has 26 heavy (non-hydrogen) atoms. The van der Waals surface area contributed by atoms with Gasteiger partial charge in [0.15, 0.2) is 5.96 Å². The van der Waals surface area contributed by atoms with Crippen molar-refractivity contribution >= 4 is 47.6 Å². The molecule has 0 radical (unpaired) electrons. The van der Waals surface area contributed by atoms with Crippen LogP contribution in [0.1, 0.15) is 31.9 Å². The van der Waals surface area contributed by atoms with Crippen LogP contribution in [0.4, 0.5) is 4.39 Å². The van der Waals surface area contributed by atoms with Crippen molar-refractivity contribution in [3.8, 4) is 0 Å². The van der Waals surface area contributed by atoms with E-state index in [-0.39, 0.29) is 35.7 Å². The van der Waals surface area contributed by atoms with Gasteiger partial charge in [0.2, 0.25) is 5.91 Å². The molecular weight excluding hydrogens is 466 g/mol. The molecule has 0 unspecified atom stereocenters. The highest BCUT2D eigenvalue weighted by Gasteiger charge is 2.20. The van der Waals surface area contributed by atoms with Crippen LogP contribution >= 0.6 is 35.7 Å². The van der Waals surface area contributed by atoms with Gasteiger partial charge < -0.3 is 16.0 Å². The Morgan fingerprint density at radius 3 is 2.38 bits per heavy atom. The Hall–Kier alpha value is -1.03. The molecular formula is C18H30FIN4OS. The van der Waals surface area contributed by atoms with Crippen LogP contribution in [0, 0.1) is 11.2 Å². The number of halogens is 2. The molecule has 0 aromatic heterocycles. The second-order valence-electron chi connectivity index (χ2n) is 6.70. The highest BCUT2D eigenvalue weighted by atomic mass is 127. The average molecular weight is 496 g/mol. The summed E-state index contributed by atoms with van der Waals surface area (Å²) in [5.74, 6) is 1.21. The fraction of sp³-hybridized carbons (Fsp3) is 0.556. The summed E-state index contributed by atoms with van der Waals surface area (Å²) in [5.41, 5.74) is 1.63. The Morgan fingerprint density at radius 1 is 1.15 bits per heavy atom. The van der Waals surface area contributed by atoms with Gasteiger partial charge in [-0.2, -0.15) is 11.8 Å². The molecule has 8 heteroatoms. The van der Waals surface area contributed by atoms with Crippen LogP contribution in [-0.4, -0.2) is 38.3 Å². The number of hydrogen-bond donors (Lipinski definition) is 3. The highest BCUT2D eigenvalue weighted by Crippen LogP contribution is 2.16. The maximum atomic E-state index is 13.4. The lowest BCUT2D eigenvalue weighted by Crippen LogP contribution is -2.43. The minimum Gasteiger partial charge on any atom is -0.355 e. The minimum absolute atomic E-state index is 0. The quantitative estimate of drug-likeness (QED) is 0.235. The van der Waals surface area contributed by atoms with Gasteiger partial charge in [-0.15, -0.1) is 24.0 Å². The van der Waals surface area contributed by atoms with Crippen LogP contribution in [0.5, 0.6) is 0 Å². The van der Waals surface area contributed by atoms with Gasteiger partial charge in [-0.1, -0.05) is 26.8 Å². The molecule has 1 aromatic carbocycles. The Kier molecular flexibility index (Phi) is 11.9. The number of carbonyl (C=O) groups excluding carboxylic acids is 1. The molecule has 0 spiro atoms. The Balaban J connectivity index is 0.00000625. The van der Waals surface area contributed by atoms with Crippen LogP contribution in [0.15, 0.2) is 23.2 Å². The SMILES string of the molecule is CN=C(NCCNC(=O)C(C)(C)C)NCc1ccc(F)cc1CSC.I. The number of thioether (sulfide) groups is 1. The molecule has 0 aliphatic carbocycles. The van der Waals surface area contributed by atoms with E-state index in [1.807, 2.05) is 27.0 Å². The van der Waals surface area contributed by atoms with Crippen molar-refractivity contribution in [3.05, 3.63) is 35.1 Å². The van der Waals surface area contributed by atoms with E-state index in [0.717, 1.165) is 16.9 Å². The van der Waals surface area contributed by atoms with Crippen molar-refractivity contribution in [2.24, 2.45) is 10.4 Å². The van der Waals surface area contributed by atoms with Crippen LogP contribution in [0.3, 0.4) is 0 Å². The summed E-state index contributed by atoms with van der Waals surface area (Å²) in [6, 6.07) is 4.84. The van der Waals surface area contributed by atoms with E-state index in [9.17, 15) is 9.18 Å². The van der Waals surface area contributed by atoms with E-state index in [1.54, 1.807) is 30.9 Å². The predicted molar refractivity (Wildman–Crippen MR) is 120 cm³/mol. The van der Waals surface area contributed by atoms with Gasteiger partial charge in [0, 0.05) is 37.8 Å². The Labute approximate surface area is 177 Å². The zero-order valence-corrected chi connectivity index (χ0v) is 19.3. The fourth-order valence-electron chi connectivity index (χ4n) is 2.08. The van der Waals surface area contributed by atoms with Gasteiger partial charge >= 0.3 is 0 Å². The predicted octanol–water partition coefficient (Wildman–Crippen LogP) is 3.13. The lowest BCUT2D eigenvalue weighted by molar-refractivity contribution is -0.128. The number of amides is 1. The molecule has 5 nitrogen and oxygen atoms in total. The summed E-state index contributed by atoms with van der Waals surface area (Å²) in [6.07, 6.45) is 1.99. The first-order valence-corrected chi connectivity index (χ1v) is 9.66. The molecule has 0 fully saturated rings. The topological polar surface area (TPSA) is 65.5 Å². The molecule has 1 rings (SSSR count). The van der Waals surface area contributed by atoms with Crippen molar-refractivity contribution in [2.45, 2.75) is 33.1 Å². The van der Waals surface area contributed by atoms with Gasteiger partial charge in [-0.25, -0.2) is 4.39 Å². The molecule has 148 valence electrons. The normalized spacial score (nSPS) is 11.5. The summed E-state index contributed by atoms with van der Waals surface area (Å²) >= 11 is 1.66. The summed E-state index contributed by atoms with van der Waals surface area (Å²) < 4.78 is 13.4. The summed E-state index contributed by atoms with van der Waals surface area (Å²) in [5, 5.41) is 9.25. The monoisotopic (exact) mass is 496 g/mol. The number of nitrogens with one attached hydrogen (secondary N) is 3. The van der Waals surface area contributed by atoms with Gasteiger partial charge in [0.05, 0.1) is 0 Å². The van der Waals surface area contributed by atoms with Gasteiger partial charge in [-0.05, 0) is 29.5 Å². The van der Waals surface area contributed by atoms with Crippen LogP contribution in [0.2, 0.25) is 0 Å². The van der Waals surface area contributed by atoms with Crippen molar-refractivity contribution in [1.82, 2.24) is 16.0 Å². The summed E-state index contributed by atoms with van der Waals surface area (Å²) in [6.45, 7) is 7.29. The summed E-state index contributed by atoms with van der Waals surface area (Å²) in [7, 11) is 1.69. The lowest BCUT2D eigenvalue weighted by atomic mass is 9.96. The first kappa shape index (κ1) is 25.0. The Bertz CT molecular complexity index is 605. The number of carbonyl (C=O) groups is 1. The number of aliphatic imine (C=N–C) groups is 1. The third-order valence-electron chi connectivity index (χ3n) is 3.52. The molecule has 1 amide bonds. The second-order valence-corrected chi connectivity index (χ2v) is 7.57. The zero-order chi connectivity index (χ0) is 18.9. The molecule has 0 aliphatic heterocycles. The smallest absolute Gasteiger partial charge is 0.225 e. The number of hydrogen-bond acceptors (Lipinski definition) is 3. The standard InChI is InChI=1S/C18H29FN4OS.HI/c1-18(2,3)16(24)21-8-9-22-17(20-4)23-11-13-6-7-15(19)10-14(13)12-25-5;/h6-7,10H,8-9,11-12H2,1-5H3,(H,21,24)(H2,20,22,23);1H. The molecule has 0 saturated heterocycles. The molecule has 3 N–H and O–H groups in total. The second kappa shape index (κ2) is 12.4. The maximum Gasteiger partial charge on any atom is 0.225 e. The van der Waals surface area contributed by atoms with Crippen LogP contribution in [0.25, 0.3) is 0 Å². The van der Waals surface area contributed by atoms with E-state index in [4.69, 9.17) is 0 Å². The first-order valence-electron chi connectivity index (χ1n) is 8.27. The van der Waals surface area contributed by atoms with Crippen LogP contribution < -0.4 is 16.0 Å². The molecule has 0 saturated carbocycles. The number of nitrogens with zero attached hydrogens (tertiary/aromatic N) is 1. The fourth-order valence-corrected chi connectivity index (χ4v) is 2.66. The van der Waals surface area contributed by atoms with E-state index in [0.29, 0.717) is 25.6 Å². The maximum absolute atomic E-state index is 13.4. The zero-order valence-electron chi connectivity index (χ0n) is 16.1. The molecule has 0 bridgehead atoms. The van der Waals surface area contributed by atoms with Gasteiger partial charge in [-0.3, -0.25) is 9.79 Å². The average Bonchev–Trinajstić information content (AvgIpc) is 2.54. The van der Waals surface area contributed by atoms with Gasteiger partial charge in [0.1, 0.15) is 5.82 Å². The van der Waals surface area contributed by atoms with Crippen molar-refractivity contribution in [2.75, 3.05) is 26.4 Å². The van der Waals surface area contributed by atoms with Crippen molar-refractivity contribution in [3.63, 3.8) is 0 Å².